The molecule has 0 aromatic carbocycles. The Morgan fingerprint density at radius 3 is 2.44 bits per heavy atom. The van der Waals surface area contributed by atoms with Crippen LogP contribution in [0, 0.1) is 11.8 Å². The fourth-order valence-electron chi connectivity index (χ4n) is 3.78. The molecule has 94 valence electrons. The van der Waals surface area contributed by atoms with E-state index in [4.69, 9.17) is 5.73 Å². The maximum absolute atomic E-state index is 6.05. The first kappa shape index (κ1) is 12.4. The van der Waals surface area contributed by atoms with E-state index >= 15 is 0 Å². The molecule has 3 atom stereocenters. The summed E-state index contributed by atoms with van der Waals surface area (Å²) in [6.07, 6.45) is 8.46. The van der Waals surface area contributed by atoms with Gasteiger partial charge in [-0.05, 0) is 51.0 Å². The number of hydrogen-bond donors (Lipinski definition) is 1. The Hall–Kier alpha value is -0.0800. The molecular formula is C14H28N2. The monoisotopic (exact) mass is 224 g/mol. The maximum Gasteiger partial charge on any atom is 0.0249 e. The summed E-state index contributed by atoms with van der Waals surface area (Å²) in [5.74, 6) is 1.74. The van der Waals surface area contributed by atoms with Gasteiger partial charge in [-0.1, -0.05) is 19.8 Å². The van der Waals surface area contributed by atoms with Crippen molar-refractivity contribution in [2.24, 2.45) is 17.6 Å². The Morgan fingerprint density at radius 2 is 1.81 bits per heavy atom. The zero-order valence-corrected chi connectivity index (χ0v) is 11.0. The number of hydrogen-bond acceptors (Lipinski definition) is 2. The van der Waals surface area contributed by atoms with Crippen LogP contribution in [0.4, 0.5) is 0 Å². The summed E-state index contributed by atoms with van der Waals surface area (Å²) in [5.41, 5.74) is 6.05. The van der Waals surface area contributed by atoms with E-state index in [-0.39, 0.29) is 0 Å². The van der Waals surface area contributed by atoms with Crippen molar-refractivity contribution in [3.8, 4) is 0 Å². The first-order valence-electron chi connectivity index (χ1n) is 7.20. The molecule has 1 saturated heterocycles. The van der Waals surface area contributed by atoms with Crippen molar-refractivity contribution in [1.29, 1.82) is 0 Å². The van der Waals surface area contributed by atoms with Crippen molar-refractivity contribution in [1.82, 2.24) is 4.90 Å². The standard InChI is InChI=1S/C14H28N2/c1-11-6-5-9-16(12(11)2)14(10-15)13-7-3-4-8-13/h11-14H,3-10,15H2,1-2H3. The molecule has 2 N–H and O–H groups in total. The maximum atomic E-state index is 6.05. The minimum Gasteiger partial charge on any atom is -0.329 e. The molecule has 0 radical (unpaired) electrons. The van der Waals surface area contributed by atoms with Gasteiger partial charge >= 0.3 is 0 Å². The summed E-state index contributed by atoms with van der Waals surface area (Å²) >= 11 is 0. The van der Waals surface area contributed by atoms with Crippen LogP contribution in [-0.2, 0) is 0 Å². The fraction of sp³-hybridized carbons (Fsp3) is 1.00. The Bertz CT molecular complexity index is 209. The molecule has 0 bridgehead atoms. The third kappa shape index (κ3) is 2.43. The first-order valence-corrected chi connectivity index (χ1v) is 7.20. The molecule has 2 heteroatoms. The summed E-state index contributed by atoms with van der Waals surface area (Å²) in [5, 5.41) is 0. The molecule has 2 fully saturated rings. The van der Waals surface area contributed by atoms with Crippen molar-refractivity contribution in [2.75, 3.05) is 13.1 Å². The Labute approximate surface area is 101 Å². The fourth-order valence-corrected chi connectivity index (χ4v) is 3.78. The van der Waals surface area contributed by atoms with Gasteiger partial charge in [0.1, 0.15) is 0 Å². The molecule has 1 heterocycles. The largest absolute Gasteiger partial charge is 0.329 e. The van der Waals surface area contributed by atoms with Crippen molar-refractivity contribution in [2.45, 2.75) is 64.5 Å². The van der Waals surface area contributed by atoms with Crippen molar-refractivity contribution >= 4 is 0 Å². The van der Waals surface area contributed by atoms with E-state index in [0.29, 0.717) is 6.04 Å². The quantitative estimate of drug-likeness (QED) is 0.798. The van der Waals surface area contributed by atoms with Crippen LogP contribution in [0.25, 0.3) is 0 Å². The molecule has 16 heavy (non-hydrogen) atoms. The van der Waals surface area contributed by atoms with Gasteiger partial charge in [-0.2, -0.15) is 0 Å². The normalized spacial score (nSPS) is 35.4. The average Bonchev–Trinajstić information content (AvgIpc) is 2.79. The zero-order valence-electron chi connectivity index (χ0n) is 11.0. The molecule has 0 spiro atoms. The number of nitrogens with two attached hydrogens (primary N) is 1. The summed E-state index contributed by atoms with van der Waals surface area (Å²) in [6, 6.07) is 1.41. The van der Waals surface area contributed by atoms with Crippen LogP contribution in [0.1, 0.15) is 52.4 Å². The highest BCUT2D eigenvalue weighted by atomic mass is 15.2. The van der Waals surface area contributed by atoms with Crippen LogP contribution >= 0.6 is 0 Å². The van der Waals surface area contributed by atoms with E-state index in [2.05, 4.69) is 18.7 Å². The van der Waals surface area contributed by atoms with E-state index in [1.54, 1.807) is 0 Å². The van der Waals surface area contributed by atoms with Gasteiger partial charge in [-0.15, -0.1) is 0 Å². The number of piperidine rings is 1. The second-order valence-electron chi connectivity index (χ2n) is 5.95. The molecule has 0 aromatic heterocycles. The van der Waals surface area contributed by atoms with Gasteiger partial charge in [-0.3, -0.25) is 4.90 Å². The van der Waals surface area contributed by atoms with Crippen LogP contribution in [0.3, 0.4) is 0 Å². The smallest absolute Gasteiger partial charge is 0.0249 e. The second kappa shape index (κ2) is 5.50. The van der Waals surface area contributed by atoms with Gasteiger partial charge in [0, 0.05) is 18.6 Å². The second-order valence-corrected chi connectivity index (χ2v) is 5.95. The summed E-state index contributed by atoms with van der Waals surface area (Å²) in [6.45, 7) is 6.95. The Morgan fingerprint density at radius 1 is 1.12 bits per heavy atom. The van der Waals surface area contributed by atoms with Gasteiger partial charge in [0.05, 0.1) is 0 Å². The number of rotatable bonds is 3. The summed E-state index contributed by atoms with van der Waals surface area (Å²) in [7, 11) is 0. The predicted molar refractivity (Wildman–Crippen MR) is 69.4 cm³/mol. The SMILES string of the molecule is CC1CCCN(C(CN)C2CCCC2)C1C. The van der Waals surface area contributed by atoms with Crippen LogP contribution in [0.15, 0.2) is 0 Å². The van der Waals surface area contributed by atoms with E-state index in [1.165, 1.54) is 45.1 Å². The lowest BCUT2D eigenvalue weighted by molar-refractivity contribution is 0.0448. The van der Waals surface area contributed by atoms with Crippen molar-refractivity contribution < 1.29 is 0 Å². The predicted octanol–water partition coefficient (Wildman–Crippen LogP) is 2.62. The van der Waals surface area contributed by atoms with E-state index < -0.39 is 0 Å². The molecule has 0 aromatic rings. The minimum absolute atomic E-state index is 0.667. The van der Waals surface area contributed by atoms with E-state index in [1.807, 2.05) is 0 Å². The van der Waals surface area contributed by atoms with Crippen molar-refractivity contribution in [3.63, 3.8) is 0 Å². The van der Waals surface area contributed by atoms with Crippen LogP contribution in [-0.4, -0.2) is 30.1 Å². The summed E-state index contributed by atoms with van der Waals surface area (Å²) in [4.78, 5) is 2.73. The topological polar surface area (TPSA) is 29.3 Å². The van der Waals surface area contributed by atoms with Gasteiger partial charge in [0.2, 0.25) is 0 Å². The van der Waals surface area contributed by atoms with Gasteiger partial charge in [-0.25, -0.2) is 0 Å². The van der Waals surface area contributed by atoms with E-state index in [0.717, 1.165) is 24.4 Å². The summed E-state index contributed by atoms with van der Waals surface area (Å²) < 4.78 is 0. The molecule has 3 unspecified atom stereocenters. The van der Waals surface area contributed by atoms with Gasteiger partial charge < -0.3 is 5.73 Å². The highest BCUT2D eigenvalue weighted by molar-refractivity contribution is 4.89. The molecule has 2 nitrogen and oxygen atoms in total. The third-order valence-corrected chi connectivity index (χ3v) is 5.03. The van der Waals surface area contributed by atoms with Gasteiger partial charge in [0.15, 0.2) is 0 Å². The minimum atomic E-state index is 0.667. The molecule has 2 aliphatic rings. The highest BCUT2D eigenvalue weighted by Crippen LogP contribution is 2.34. The van der Waals surface area contributed by atoms with Crippen LogP contribution < -0.4 is 5.73 Å². The average molecular weight is 224 g/mol. The number of nitrogens with zero attached hydrogens (tertiary/aromatic N) is 1. The molecule has 1 aliphatic heterocycles. The molecule has 2 rings (SSSR count). The Kier molecular flexibility index (Phi) is 4.26. The lowest BCUT2D eigenvalue weighted by Gasteiger charge is -2.44. The highest BCUT2D eigenvalue weighted by Gasteiger charge is 2.34. The molecular weight excluding hydrogens is 196 g/mol. The van der Waals surface area contributed by atoms with Crippen LogP contribution in [0.2, 0.25) is 0 Å². The van der Waals surface area contributed by atoms with E-state index in [9.17, 15) is 0 Å². The number of likely N-dealkylation sites (tertiary alicyclic amines) is 1. The molecule has 0 amide bonds. The zero-order chi connectivity index (χ0) is 11.5. The Balaban J connectivity index is 2.01. The molecule has 1 aliphatic carbocycles. The molecule has 1 saturated carbocycles. The van der Waals surface area contributed by atoms with Crippen LogP contribution in [0.5, 0.6) is 0 Å². The lowest BCUT2D eigenvalue weighted by atomic mass is 9.87. The first-order chi connectivity index (χ1) is 7.74. The lowest BCUT2D eigenvalue weighted by Crippen LogP contribution is -2.53. The van der Waals surface area contributed by atoms with Gasteiger partial charge in [0.25, 0.3) is 0 Å². The van der Waals surface area contributed by atoms with Crippen molar-refractivity contribution in [3.05, 3.63) is 0 Å². The third-order valence-electron chi connectivity index (χ3n) is 5.03.